The molecule has 9 nitrogen and oxygen atoms in total. The second kappa shape index (κ2) is 6.52. The molecule has 0 bridgehead atoms. The highest BCUT2D eigenvalue weighted by Gasteiger charge is 2.11. The van der Waals surface area contributed by atoms with E-state index in [1.54, 1.807) is 18.9 Å². The Bertz CT molecular complexity index is 1460. The molecule has 2 N–H and O–H groups in total. The quantitative estimate of drug-likeness (QED) is 0.475. The van der Waals surface area contributed by atoms with Crippen molar-refractivity contribution in [2.24, 2.45) is 0 Å². The molecule has 2 aromatic carbocycles. The smallest absolute Gasteiger partial charge is 0.180 e. The number of benzene rings is 2. The Morgan fingerprint density at radius 3 is 2.70 bits per heavy atom. The van der Waals surface area contributed by atoms with E-state index in [9.17, 15) is 0 Å². The number of H-pyrrole nitrogens is 1. The highest BCUT2D eigenvalue weighted by atomic mass is 15.2. The Balaban J connectivity index is 1.39. The Morgan fingerprint density at radius 1 is 0.967 bits per heavy atom. The third kappa shape index (κ3) is 2.76. The van der Waals surface area contributed by atoms with Gasteiger partial charge in [-0.3, -0.25) is 9.67 Å². The fourth-order valence-electron chi connectivity index (χ4n) is 3.44. The van der Waals surface area contributed by atoms with Crippen molar-refractivity contribution in [1.82, 2.24) is 39.3 Å². The molecule has 4 heterocycles. The van der Waals surface area contributed by atoms with Gasteiger partial charge in [-0.2, -0.15) is 5.10 Å². The zero-order valence-electron chi connectivity index (χ0n) is 15.6. The molecule has 0 saturated carbocycles. The number of nitrogens with zero attached hydrogens (tertiary/aromatic N) is 7. The molecule has 0 unspecified atom stereocenters. The van der Waals surface area contributed by atoms with Crippen molar-refractivity contribution in [3.05, 3.63) is 79.9 Å². The molecular weight excluding hydrogens is 378 g/mol. The van der Waals surface area contributed by atoms with Gasteiger partial charge in [0, 0.05) is 40.9 Å². The van der Waals surface area contributed by atoms with Gasteiger partial charge in [0.25, 0.3) is 0 Å². The zero-order valence-corrected chi connectivity index (χ0v) is 15.6. The number of anilines is 2. The monoisotopic (exact) mass is 393 g/mol. The van der Waals surface area contributed by atoms with Crippen molar-refractivity contribution in [2.45, 2.75) is 0 Å². The normalized spacial score (nSPS) is 11.3. The summed E-state index contributed by atoms with van der Waals surface area (Å²) in [6.07, 6.45) is 10.8. The number of imidazole rings is 1. The molecule has 9 heteroatoms. The van der Waals surface area contributed by atoms with Gasteiger partial charge >= 0.3 is 0 Å². The molecule has 0 aliphatic carbocycles. The van der Waals surface area contributed by atoms with E-state index in [0.29, 0.717) is 5.82 Å². The van der Waals surface area contributed by atoms with Crippen LogP contribution in [0, 0.1) is 0 Å². The summed E-state index contributed by atoms with van der Waals surface area (Å²) in [4.78, 5) is 9.30. The minimum atomic E-state index is 0.680. The third-order valence-corrected chi connectivity index (χ3v) is 4.96. The summed E-state index contributed by atoms with van der Waals surface area (Å²) in [5.74, 6) is 0.680. The standard InChI is InChI=1S/C21H15N9/c1-2-15-10-23-28-18(15)9-14(1)19-11-29-8-7-22-21(29)20(27-19)26-16-3-5-17(6-4-16)30-12-24-25-13-30/h1-13H,(H,23,28)(H,26,27). The number of rotatable bonds is 4. The van der Waals surface area contributed by atoms with Crippen molar-refractivity contribution < 1.29 is 0 Å². The highest BCUT2D eigenvalue weighted by molar-refractivity contribution is 5.84. The number of hydrogen-bond acceptors (Lipinski definition) is 6. The Morgan fingerprint density at radius 2 is 1.83 bits per heavy atom. The maximum Gasteiger partial charge on any atom is 0.180 e. The molecule has 30 heavy (non-hydrogen) atoms. The second-order valence-electron chi connectivity index (χ2n) is 6.85. The van der Waals surface area contributed by atoms with Crippen LogP contribution in [0.2, 0.25) is 0 Å². The fraction of sp³-hybridized carbons (Fsp3) is 0. The van der Waals surface area contributed by atoms with E-state index >= 15 is 0 Å². The SMILES string of the molecule is c1cn2cc(-c3ccc4cn[nH]c4c3)nc(Nc3ccc(-n4cnnc4)cc3)c2n1. The van der Waals surface area contributed by atoms with E-state index in [4.69, 9.17) is 4.98 Å². The lowest BCUT2D eigenvalue weighted by Crippen LogP contribution is -2.00. The molecular formula is C21H15N9. The van der Waals surface area contributed by atoms with Crippen LogP contribution in [0.15, 0.2) is 79.9 Å². The van der Waals surface area contributed by atoms with Gasteiger partial charge in [0.2, 0.25) is 0 Å². The first kappa shape index (κ1) is 16.4. The van der Waals surface area contributed by atoms with Gasteiger partial charge < -0.3 is 9.72 Å². The number of aromatic nitrogens is 8. The van der Waals surface area contributed by atoms with E-state index in [1.807, 2.05) is 70.0 Å². The molecule has 0 spiro atoms. The minimum absolute atomic E-state index is 0.680. The molecule has 6 rings (SSSR count). The number of hydrogen-bond donors (Lipinski definition) is 2. The van der Waals surface area contributed by atoms with Crippen LogP contribution in [0.25, 0.3) is 33.5 Å². The summed E-state index contributed by atoms with van der Waals surface area (Å²) in [5.41, 5.74) is 5.44. The lowest BCUT2D eigenvalue weighted by atomic mass is 10.1. The molecule has 0 aliphatic rings. The molecule has 6 aromatic rings. The van der Waals surface area contributed by atoms with E-state index in [1.165, 1.54) is 0 Å². The first-order chi connectivity index (χ1) is 14.8. The van der Waals surface area contributed by atoms with Crippen LogP contribution in [-0.2, 0) is 0 Å². The van der Waals surface area contributed by atoms with Gasteiger partial charge in [-0.1, -0.05) is 12.1 Å². The molecule has 0 fully saturated rings. The Hall–Kier alpha value is -4.53. The first-order valence-electron chi connectivity index (χ1n) is 9.33. The maximum absolute atomic E-state index is 4.85. The molecule has 4 aromatic heterocycles. The Kier molecular flexibility index (Phi) is 3.57. The van der Waals surface area contributed by atoms with Crippen LogP contribution in [0.1, 0.15) is 0 Å². The molecule has 0 saturated heterocycles. The predicted molar refractivity (Wildman–Crippen MR) is 113 cm³/mol. The molecule has 144 valence electrons. The van der Waals surface area contributed by atoms with Crippen LogP contribution in [-0.4, -0.2) is 39.3 Å². The summed E-state index contributed by atoms with van der Waals surface area (Å²) in [5, 5.41) is 19.2. The molecule has 0 amide bonds. The number of aromatic amines is 1. The lowest BCUT2D eigenvalue weighted by Gasteiger charge is -2.11. The average Bonchev–Trinajstić information content (AvgIpc) is 3.54. The van der Waals surface area contributed by atoms with Gasteiger partial charge in [0.1, 0.15) is 12.7 Å². The lowest BCUT2D eigenvalue weighted by molar-refractivity contribution is 1.06. The van der Waals surface area contributed by atoms with Crippen LogP contribution < -0.4 is 5.32 Å². The topological polar surface area (TPSA) is 102 Å². The Labute approximate surface area is 170 Å². The maximum atomic E-state index is 4.85. The van der Waals surface area contributed by atoms with Crippen LogP contribution >= 0.6 is 0 Å². The van der Waals surface area contributed by atoms with E-state index in [-0.39, 0.29) is 0 Å². The van der Waals surface area contributed by atoms with Gasteiger partial charge in [0.05, 0.1) is 17.4 Å². The van der Waals surface area contributed by atoms with Crippen molar-refractivity contribution in [1.29, 1.82) is 0 Å². The summed E-state index contributed by atoms with van der Waals surface area (Å²) < 4.78 is 3.81. The zero-order chi connectivity index (χ0) is 19.9. The van der Waals surface area contributed by atoms with Crippen molar-refractivity contribution >= 4 is 28.1 Å². The van der Waals surface area contributed by atoms with Crippen LogP contribution in [0.5, 0.6) is 0 Å². The fourth-order valence-corrected chi connectivity index (χ4v) is 3.44. The number of fused-ring (bicyclic) bond motifs is 2. The van der Waals surface area contributed by atoms with E-state index < -0.39 is 0 Å². The van der Waals surface area contributed by atoms with Gasteiger partial charge in [0.15, 0.2) is 11.5 Å². The van der Waals surface area contributed by atoms with Crippen LogP contribution in [0.3, 0.4) is 0 Å². The molecule has 0 radical (unpaired) electrons. The van der Waals surface area contributed by atoms with Crippen LogP contribution in [0.4, 0.5) is 11.5 Å². The van der Waals surface area contributed by atoms with Crippen molar-refractivity contribution in [2.75, 3.05) is 5.32 Å². The second-order valence-corrected chi connectivity index (χ2v) is 6.85. The van der Waals surface area contributed by atoms with E-state index in [2.05, 4.69) is 30.7 Å². The van der Waals surface area contributed by atoms with Gasteiger partial charge in [-0.25, -0.2) is 9.97 Å². The number of nitrogens with one attached hydrogen (secondary N) is 2. The van der Waals surface area contributed by atoms with E-state index in [0.717, 1.165) is 39.2 Å². The summed E-state index contributed by atoms with van der Waals surface area (Å²) in [7, 11) is 0. The van der Waals surface area contributed by atoms with Gasteiger partial charge in [-0.05, 0) is 30.3 Å². The predicted octanol–water partition coefficient (Wildman–Crippen LogP) is 3.60. The molecule has 0 aliphatic heterocycles. The molecule has 0 atom stereocenters. The summed E-state index contributed by atoms with van der Waals surface area (Å²) in [6, 6.07) is 14.1. The van der Waals surface area contributed by atoms with Crippen molar-refractivity contribution in [3.63, 3.8) is 0 Å². The summed E-state index contributed by atoms with van der Waals surface area (Å²) >= 11 is 0. The van der Waals surface area contributed by atoms with Crippen molar-refractivity contribution in [3.8, 4) is 16.9 Å². The largest absolute Gasteiger partial charge is 0.337 e. The average molecular weight is 393 g/mol. The highest BCUT2D eigenvalue weighted by Crippen LogP contribution is 2.26. The third-order valence-electron chi connectivity index (χ3n) is 4.96. The summed E-state index contributed by atoms with van der Waals surface area (Å²) in [6.45, 7) is 0. The first-order valence-corrected chi connectivity index (χ1v) is 9.33. The van der Waals surface area contributed by atoms with Gasteiger partial charge in [-0.15, -0.1) is 10.2 Å². The minimum Gasteiger partial charge on any atom is -0.337 e.